The van der Waals surface area contributed by atoms with Crippen molar-refractivity contribution >= 4 is 0 Å². The number of rotatable bonds is 4. The number of ether oxygens (including phenoxy) is 2. The van der Waals surface area contributed by atoms with Crippen molar-refractivity contribution in [2.45, 2.75) is 39.5 Å². The first-order valence-corrected chi connectivity index (χ1v) is 5.62. The van der Waals surface area contributed by atoms with Crippen LogP contribution in [0.2, 0.25) is 0 Å². The van der Waals surface area contributed by atoms with Gasteiger partial charge in [-0.2, -0.15) is 0 Å². The second-order valence-corrected chi connectivity index (χ2v) is 4.29. The van der Waals surface area contributed by atoms with Crippen molar-refractivity contribution in [1.29, 1.82) is 0 Å². The molecule has 2 nitrogen and oxygen atoms in total. The third-order valence-electron chi connectivity index (χ3n) is 2.47. The molecule has 1 saturated heterocycles. The lowest BCUT2D eigenvalue weighted by atomic mass is 10.0. The Kier molecular flexibility index (Phi) is 5.69. The van der Waals surface area contributed by atoms with Gasteiger partial charge in [-0.1, -0.05) is 6.42 Å². The average molecular weight is 198 g/mol. The van der Waals surface area contributed by atoms with E-state index in [1.54, 1.807) is 0 Å². The number of allylic oxidation sites excluding steroid dienone is 1. The zero-order chi connectivity index (χ0) is 10.2. The van der Waals surface area contributed by atoms with Gasteiger partial charge < -0.3 is 9.47 Å². The molecule has 1 aliphatic rings. The van der Waals surface area contributed by atoms with Gasteiger partial charge in [-0.25, -0.2) is 0 Å². The molecule has 1 unspecified atom stereocenters. The molecule has 1 aliphatic heterocycles. The van der Waals surface area contributed by atoms with Crippen molar-refractivity contribution in [2.75, 3.05) is 19.8 Å². The van der Waals surface area contributed by atoms with Crippen LogP contribution in [0.15, 0.2) is 11.8 Å². The smallest absolute Gasteiger partial charge is 0.0876 e. The molecule has 2 heteroatoms. The van der Waals surface area contributed by atoms with E-state index in [-0.39, 0.29) is 0 Å². The fraction of sp³-hybridized carbons (Fsp3) is 0.833. The van der Waals surface area contributed by atoms with Crippen LogP contribution in [0.1, 0.15) is 39.5 Å². The Balaban J connectivity index is 2.07. The molecule has 0 radical (unpaired) electrons. The van der Waals surface area contributed by atoms with Gasteiger partial charge >= 0.3 is 0 Å². The molecule has 82 valence electrons. The highest BCUT2D eigenvalue weighted by molar-refractivity contribution is 4.86. The summed E-state index contributed by atoms with van der Waals surface area (Å²) in [5.74, 6) is 0.711. The molecule has 0 saturated carbocycles. The molecule has 1 heterocycles. The van der Waals surface area contributed by atoms with Crippen molar-refractivity contribution in [3.8, 4) is 0 Å². The Morgan fingerprint density at radius 1 is 1.43 bits per heavy atom. The lowest BCUT2D eigenvalue weighted by Crippen LogP contribution is -2.09. The summed E-state index contributed by atoms with van der Waals surface area (Å²) in [4.78, 5) is 0. The zero-order valence-corrected chi connectivity index (χ0v) is 9.42. The Morgan fingerprint density at radius 2 is 2.29 bits per heavy atom. The van der Waals surface area contributed by atoms with Gasteiger partial charge in [0.1, 0.15) is 0 Å². The highest BCUT2D eigenvalue weighted by Gasteiger charge is 2.11. The van der Waals surface area contributed by atoms with Gasteiger partial charge in [0.25, 0.3) is 0 Å². The largest absolute Gasteiger partial charge is 0.501 e. The Morgan fingerprint density at radius 3 is 3.07 bits per heavy atom. The Labute approximate surface area is 87.3 Å². The molecular weight excluding hydrogens is 176 g/mol. The minimum absolute atomic E-state index is 0.711. The van der Waals surface area contributed by atoms with E-state index in [2.05, 4.69) is 13.8 Å². The molecule has 1 rings (SSSR count). The van der Waals surface area contributed by atoms with E-state index >= 15 is 0 Å². The molecule has 14 heavy (non-hydrogen) atoms. The first-order valence-electron chi connectivity index (χ1n) is 5.62. The fourth-order valence-electron chi connectivity index (χ4n) is 1.66. The third-order valence-corrected chi connectivity index (χ3v) is 2.47. The highest BCUT2D eigenvalue weighted by Crippen LogP contribution is 2.17. The molecule has 0 bridgehead atoms. The van der Waals surface area contributed by atoms with E-state index in [0.717, 1.165) is 26.2 Å². The molecule has 1 fully saturated rings. The molecule has 0 aromatic carbocycles. The van der Waals surface area contributed by atoms with Crippen LogP contribution in [0, 0.1) is 5.92 Å². The van der Waals surface area contributed by atoms with Crippen molar-refractivity contribution in [1.82, 2.24) is 0 Å². The second kappa shape index (κ2) is 6.88. The van der Waals surface area contributed by atoms with E-state index in [0.29, 0.717) is 5.92 Å². The maximum Gasteiger partial charge on any atom is 0.0876 e. The standard InChI is InChI=1S/C12H22O2/c1-11(2)9-14-8-6-12-5-3-4-7-13-10-12/h9,12H,3-8,10H2,1-2H3. The maximum absolute atomic E-state index is 5.51. The van der Waals surface area contributed by atoms with Gasteiger partial charge in [0.15, 0.2) is 0 Å². The first-order chi connectivity index (χ1) is 6.79. The molecule has 0 aromatic heterocycles. The lowest BCUT2D eigenvalue weighted by molar-refractivity contribution is 0.102. The predicted octanol–water partition coefficient (Wildman–Crippen LogP) is 3.13. The topological polar surface area (TPSA) is 18.5 Å². The summed E-state index contributed by atoms with van der Waals surface area (Å²) < 4.78 is 10.9. The summed E-state index contributed by atoms with van der Waals surface area (Å²) in [6.45, 7) is 6.81. The lowest BCUT2D eigenvalue weighted by Gasteiger charge is -2.12. The van der Waals surface area contributed by atoms with Gasteiger partial charge in [-0.15, -0.1) is 0 Å². The summed E-state index contributed by atoms with van der Waals surface area (Å²) in [6, 6.07) is 0. The van der Waals surface area contributed by atoms with Gasteiger partial charge in [-0.05, 0) is 44.6 Å². The molecule has 0 aromatic rings. The van der Waals surface area contributed by atoms with E-state index in [1.165, 1.54) is 24.8 Å². The minimum atomic E-state index is 0.711. The van der Waals surface area contributed by atoms with Crippen LogP contribution in [-0.4, -0.2) is 19.8 Å². The van der Waals surface area contributed by atoms with Crippen molar-refractivity contribution in [3.05, 3.63) is 11.8 Å². The van der Waals surface area contributed by atoms with Gasteiger partial charge in [0.2, 0.25) is 0 Å². The SMILES string of the molecule is CC(C)=COCCC1CCCCOC1. The minimum Gasteiger partial charge on any atom is -0.501 e. The van der Waals surface area contributed by atoms with Gasteiger partial charge in [0.05, 0.1) is 12.9 Å². The molecule has 0 amide bonds. The Bertz CT molecular complexity index is 163. The van der Waals surface area contributed by atoms with Crippen LogP contribution in [0.5, 0.6) is 0 Å². The van der Waals surface area contributed by atoms with Gasteiger partial charge in [0, 0.05) is 13.2 Å². The summed E-state index contributed by atoms with van der Waals surface area (Å²) in [6.07, 6.45) is 6.82. The second-order valence-electron chi connectivity index (χ2n) is 4.29. The molecular formula is C12H22O2. The van der Waals surface area contributed by atoms with Crippen LogP contribution in [-0.2, 0) is 9.47 Å². The van der Waals surface area contributed by atoms with Crippen molar-refractivity contribution < 1.29 is 9.47 Å². The predicted molar refractivity (Wildman–Crippen MR) is 58.2 cm³/mol. The van der Waals surface area contributed by atoms with Crippen LogP contribution in [0.3, 0.4) is 0 Å². The van der Waals surface area contributed by atoms with Crippen LogP contribution < -0.4 is 0 Å². The third kappa shape index (κ3) is 5.28. The molecule has 0 spiro atoms. The molecule has 1 atom stereocenters. The van der Waals surface area contributed by atoms with E-state index < -0.39 is 0 Å². The van der Waals surface area contributed by atoms with Gasteiger partial charge in [-0.3, -0.25) is 0 Å². The quantitative estimate of drug-likeness (QED) is 0.510. The summed E-state index contributed by atoms with van der Waals surface area (Å²) in [5.41, 5.74) is 1.22. The fourth-order valence-corrected chi connectivity index (χ4v) is 1.66. The molecule has 0 N–H and O–H groups in total. The summed E-state index contributed by atoms with van der Waals surface area (Å²) in [7, 11) is 0. The van der Waals surface area contributed by atoms with Crippen molar-refractivity contribution in [2.24, 2.45) is 5.92 Å². The summed E-state index contributed by atoms with van der Waals surface area (Å²) >= 11 is 0. The maximum atomic E-state index is 5.51. The van der Waals surface area contributed by atoms with Crippen LogP contribution in [0.4, 0.5) is 0 Å². The van der Waals surface area contributed by atoms with Crippen LogP contribution >= 0.6 is 0 Å². The Hall–Kier alpha value is -0.500. The number of hydrogen-bond donors (Lipinski definition) is 0. The average Bonchev–Trinajstić information content (AvgIpc) is 2.40. The van der Waals surface area contributed by atoms with E-state index in [9.17, 15) is 0 Å². The van der Waals surface area contributed by atoms with E-state index in [1.807, 2.05) is 6.26 Å². The zero-order valence-electron chi connectivity index (χ0n) is 9.42. The monoisotopic (exact) mass is 198 g/mol. The molecule has 0 aliphatic carbocycles. The highest BCUT2D eigenvalue weighted by atomic mass is 16.5. The summed E-state index contributed by atoms with van der Waals surface area (Å²) in [5, 5.41) is 0. The first kappa shape index (κ1) is 11.6. The number of hydrogen-bond acceptors (Lipinski definition) is 2. The van der Waals surface area contributed by atoms with E-state index in [4.69, 9.17) is 9.47 Å². The van der Waals surface area contributed by atoms with Crippen molar-refractivity contribution in [3.63, 3.8) is 0 Å². The van der Waals surface area contributed by atoms with Crippen LogP contribution in [0.25, 0.3) is 0 Å². The normalized spacial score (nSPS) is 22.6.